The van der Waals surface area contributed by atoms with Crippen LogP contribution in [0.5, 0.6) is 0 Å². The fourth-order valence-corrected chi connectivity index (χ4v) is 2.13. The van der Waals surface area contributed by atoms with E-state index in [0.717, 1.165) is 5.56 Å². The third kappa shape index (κ3) is 2.79. The van der Waals surface area contributed by atoms with Crippen LogP contribution in [-0.2, 0) is 4.74 Å². The smallest absolute Gasteiger partial charge is 0.358 e. The van der Waals surface area contributed by atoms with Crippen LogP contribution < -0.4 is 0 Å². The van der Waals surface area contributed by atoms with Crippen LogP contribution in [0, 0.1) is 0 Å². The Labute approximate surface area is 117 Å². The zero-order chi connectivity index (χ0) is 13.8. The molecule has 1 aromatic carbocycles. The standard InChI is InChI=1S/C14H15ClN2O2/c1-3-19-14(18)12-13(15)16-9-17(12)10(2)11-7-5-4-6-8-11/h4-10H,3H2,1-2H3. The molecule has 0 aliphatic rings. The van der Waals surface area contributed by atoms with Gasteiger partial charge in [-0.1, -0.05) is 41.9 Å². The van der Waals surface area contributed by atoms with E-state index in [1.54, 1.807) is 17.8 Å². The second kappa shape index (κ2) is 5.89. The normalized spacial score (nSPS) is 12.2. The average molecular weight is 279 g/mol. The molecule has 2 aromatic rings. The highest BCUT2D eigenvalue weighted by atomic mass is 35.5. The summed E-state index contributed by atoms with van der Waals surface area (Å²) in [7, 11) is 0. The van der Waals surface area contributed by atoms with Crippen molar-refractivity contribution < 1.29 is 9.53 Å². The quantitative estimate of drug-likeness (QED) is 0.806. The molecule has 0 radical (unpaired) electrons. The van der Waals surface area contributed by atoms with Crippen LogP contribution in [-0.4, -0.2) is 22.1 Å². The van der Waals surface area contributed by atoms with Gasteiger partial charge in [-0.2, -0.15) is 0 Å². The lowest BCUT2D eigenvalue weighted by Crippen LogP contribution is -2.15. The van der Waals surface area contributed by atoms with Gasteiger partial charge in [-0.3, -0.25) is 0 Å². The Hall–Kier alpha value is -1.81. The SMILES string of the molecule is CCOC(=O)c1c(Cl)ncn1C(C)c1ccccc1. The molecule has 4 nitrogen and oxygen atoms in total. The lowest BCUT2D eigenvalue weighted by molar-refractivity contribution is 0.0513. The van der Waals surface area contributed by atoms with Crippen molar-refractivity contribution in [2.45, 2.75) is 19.9 Å². The van der Waals surface area contributed by atoms with Gasteiger partial charge in [-0.25, -0.2) is 9.78 Å². The predicted octanol–water partition coefficient (Wildman–Crippen LogP) is 3.32. The maximum Gasteiger partial charge on any atom is 0.358 e. The Morgan fingerprint density at radius 1 is 1.42 bits per heavy atom. The van der Waals surface area contributed by atoms with Gasteiger partial charge in [0, 0.05) is 0 Å². The molecule has 1 heterocycles. The first kappa shape index (κ1) is 13.6. The number of carbonyl (C=O) groups is 1. The van der Waals surface area contributed by atoms with Gasteiger partial charge in [0.25, 0.3) is 0 Å². The zero-order valence-electron chi connectivity index (χ0n) is 10.8. The van der Waals surface area contributed by atoms with Crippen LogP contribution in [0.25, 0.3) is 0 Å². The molecule has 1 atom stereocenters. The minimum Gasteiger partial charge on any atom is -0.461 e. The number of nitrogens with zero attached hydrogens (tertiary/aromatic N) is 2. The molecule has 0 N–H and O–H groups in total. The van der Waals surface area contributed by atoms with E-state index in [4.69, 9.17) is 16.3 Å². The second-order valence-corrected chi connectivity index (χ2v) is 4.46. The molecule has 0 fully saturated rings. The minimum atomic E-state index is -0.451. The molecule has 1 aromatic heterocycles. The number of rotatable bonds is 4. The molecule has 0 aliphatic carbocycles. The van der Waals surface area contributed by atoms with E-state index in [1.165, 1.54) is 0 Å². The van der Waals surface area contributed by atoms with Crippen molar-refractivity contribution in [2.24, 2.45) is 0 Å². The number of imidazole rings is 1. The molecule has 1 unspecified atom stereocenters. The minimum absolute atomic E-state index is 0.0411. The zero-order valence-corrected chi connectivity index (χ0v) is 11.6. The van der Waals surface area contributed by atoms with Gasteiger partial charge < -0.3 is 9.30 Å². The highest BCUT2D eigenvalue weighted by molar-refractivity contribution is 6.32. The first-order valence-electron chi connectivity index (χ1n) is 6.09. The summed E-state index contributed by atoms with van der Waals surface area (Å²) in [5.74, 6) is -0.451. The number of ether oxygens (including phenoxy) is 1. The van der Waals surface area contributed by atoms with E-state index < -0.39 is 5.97 Å². The fourth-order valence-electron chi connectivity index (χ4n) is 1.91. The van der Waals surface area contributed by atoms with Crippen molar-refractivity contribution in [1.29, 1.82) is 0 Å². The molecule has 100 valence electrons. The molecule has 0 saturated heterocycles. The molecular weight excluding hydrogens is 264 g/mol. The van der Waals surface area contributed by atoms with Gasteiger partial charge in [0.2, 0.25) is 0 Å². The van der Waals surface area contributed by atoms with Crippen molar-refractivity contribution >= 4 is 17.6 Å². The predicted molar refractivity (Wildman–Crippen MR) is 73.4 cm³/mol. The summed E-state index contributed by atoms with van der Waals surface area (Å²) in [5, 5.41) is 0.168. The molecular formula is C14H15ClN2O2. The van der Waals surface area contributed by atoms with Crippen LogP contribution >= 0.6 is 11.6 Å². The van der Waals surface area contributed by atoms with Crippen molar-refractivity contribution in [1.82, 2.24) is 9.55 Å². The van der Waals surface area contributed by atoms with Crippen molar-refractivity contribution in [2.75, 3.05) is 6.61 Å². The van der Waals surface area contributed by atoms with Gasteiger partial charge in [-0.05, 0) is 19.4 Å². The maximum absolute atomic E-state index is 11.9. The number of aromatic nitrogens is 2. The number of esters is 1. The molecule has 5 heteroatoms. The molecule has 0 saturated carbocycles. The van der Waals surface area contributed by atoms with Crippen LogP contribution in [0.15, 0.2) is 36.7 Å². The summed E-state index contributed by atoms with van der Waals surface area (Å²) < 4.78 is 6.74. The number of halogens is 1. The Kier molecular flexibility index (Phi) is 4.22. The second-order valence-electron chi connectivity index (χ2n) is 4.10. The largest absolute Gasteiger partial charge is 0.461 e. The summed E-state index contributed by atoms with van der Waals surface area (Å²) >= 11 is 5.97. The van der Waals surface area contributed by atoms with Crippen LogP contribution in [0.2, 0.25) is 5.15 Å². The maximum atomic E-state index is 11.9. The molecule has 0 spiro atoms. The van der Waals surface area contributed by atoms with E-state index in [1.807, 2.05) is 37.3 Å². The summed E-state index contributed by atoms with van der Waals surface area (Å²) in [4.78, 5) is 15.9. The fraction of sp³-hybridized carbons (Fsp3) is 0.286. The van der Waals surface area contributed by atoms with E-state index in [9.17, 15) is 4.79 Å². The first-order chi connectivity index (χ1) is 9.15. The summed E-state index contributed by atoms with van der Waals surface area (Å²) in [6.07, 6.45) is 1.56. The third-order valence-electron chi connectivity index (χ3n) is 2.92. The monoisotopic (exact) mass is 278 g/mol. The average Bonchev–Trinajstić information content (AvgIpc) is 2.81. The lowest BCUT2D eigenvalue weighted by Gasteiger charge is -2.16. The molecule has 19 heavy (non-hydrogen) atoms. The number of carbonyl (C=O) groups excluding carboxylic acids is 1. The topological polar surface area (TPSA) is 44.1 Å². The third-order valence-corrected chi connectivity index (χ3v) is 3.19. The Morgan fingerprint density at radius 2 is 2.11 bits per heavy atom. The first-order valence-corrected chi connectivity index (χ1v) is 6.47. The van der Waals surface area contributed by atoms with E-state index >= 15 is 0 Å². The highest BCUT2D eigenvalue weighted by Crippen LogP contribution is 2.24. The molecule has 0 aliphatic heterocycles. The van der Waals surface area contributed by atoms with E-state index in [-0.39, 0.29) is 11.2 Å². The Bertz CT molecular complexity index is 566. The molecule has 0 amide bonds. The summed E-state index contributed by atoms with van der Waals surface area (Å²) in [5.41, 5.74) is 1.36. The van der Waals surface area contributed by atoms with Gasteiger partial charge >= 0.3 is 5.97 Å². The lowest BCUT2D eigenvalue weighted by atomic mass is 10.1. The van der Waals surface area contributed by atoms with E-state index in [2.05, 4.69) is 4.98 Å². The van der Waals surface area contributed by atoms with Crippen molar-refractivity contribution in [3.63, 3.8) is 0 Å². The van der Waals surface area contributed by atoms with Gasteiger partial charge in [0.1, 0.15) is 0 Å². The van der Waals surface area contributed by atoms with Gasteiger partial charge in [-0.15, -0.1) is 0 Å². The van der Waals surface area contributed by atoms with Crippen LogP contribution in [0.4, 0.5) is 0 Å². The van der Waals surface area contributed by atoms with Crippen molar-refractivity contribution in [3.8, 4) is 0 Å². The Balaban J connectivity index is 2.38. The number of hydrogen-bond acceptors (Lipinski definition) is 3. The number of benzene rings is 1. The molecule has 0 bridgehead atoms. The highest BCUT2D eigenvalue weighted by Gasteiger charge is 2.22. The van der Waals surface area contributed by atoms with Crippen molar-refractivity contribution in [3.05, 3.63) is 53.1 Å². The van der Waals surface area contributed by atoms with Gasteiger partial charge in [0.05, 0.1) is 19.0 Å². The number of hydrogen-bond donors (Lipinski definition) is 0. The van der Waals surface area contributed by atoms with Gasteiger partial charge in [0.15, 0.2) is 10.8 Å². The van der Waals surface area contributed by atoms with E-state index in [0.29, 0.717) is 12.3 Å². The molecule has 2 rings (SSSR count). The Morgan fingerprint density at radius 3 is 2.74 bits per heavy atom. The summed E-state index contributed by atoms with van der Waals surface area (Å²) in [6.45, 7) is 4.04. The van der Waals surface area contributed by atoms with Crippen LogP contribution in [0.1, 0.15) is 35.9 Å². The van der Waals surface area contributed by atoms with Crippen LogP contribution in [0.3, 0.4) is 0 Å². The summed E-state index contributed by atoms with van der Waals surface area (Å²) in [6, 6.07) is 9.80.